The molecule has 2 aromatic rings. The first-order chi connectivity index (χ1) is 9.16. The lowest BCUT2D eigenvalue weighted by atomic mass is 10.1. The topological polar surface area (TPSA) is 174 Å². The number of primary amides is 1. The number of aryl methyl sites for hydroxylation is 1. The Morgan fingerprint density at radius 1 is 1.29 bits per heavy atom. The van der Waals surface area contributed by atoms with Crippen molar-refractivity contribution in [2.75, 3.05) is 5.32 Å². The maximum Gasteiger partial charge on any atom is 0.394 e. The lowest BCUT2D eigenvalue weighted by Gasteiger charge is -2.07. The number of pyridine rings is 1. The highest BCUT2D eigenvalue weighted by Crippen LogP contribution is 2.22. The normalized spacial score (nSPS) is 10.0. The summed E-state index contributed by atoms with van der Waals surface area (Å²) in [6.45, 7) is 1.87. The average Bonchev–Trinajstić information content (AvgIpc) is 2.25. The molecule has 9 nitrogen and oxygen atoms in total. The fourth-order valence-electron chi connectivity index (χ4n) is 1.54. The highest BCUT2D eigenvalue weighted by Gasteiger charge is 2.04. The number of hydrogen-bond acceptors (Lipinski definition) is 4. The summed E-state index contributed by atoms with van der Waals surface area (Å²) < 4.78 is 31.6. The second-order valence-electron chi connectivity index (χ2n) is 3.77. The van der Waals surface area contributed by atoms with Crippen LogP contribution >= 0.6 is 0 Å². The number of rotatable bonds is 1. The predicted octanol–water partition coefficient (Wildman–Crippen LogP) is 0.556. The van der Waals surface area contributed by atoms with Gasteiger partial charge in [0.05, 0.1) is 11.2 Å². The summed E-state index contributed by atoms with van der Waals surface area (Å²) in [6, 6.07) is 8.83. The number of fused-ring (bicyclic) bond motifs is 1. The number of hydrogen-bond donors (Lipinski definition) is 4. The van der Waals surface area contributed by atoms with Crippen molar-refractivity contribution in [2.45, 2.75) is 6.92 Å². The van der Waals surface area contributed by atoms with Gasteiger partial charge in [-0.2, -0.15) is 8.42 Å². The zero-order valence-corrected chi connectivity index (χ0v) is 11.8. The number of carbonyl (C=O) groups excluding carboxylic acids is 1. The molecule has 0 unspecified atom stereocenters. The van der Waals surface area contributed by atoms with E-state index in [9.17, 15) is 4.79 Å². The number of urea groups is 1. The number of amides is 2. The summed E-state index contributed by atoms with van der Waals surface area (Å²) in [4.78, 5) is 15.2. The number of nitrogens with two attached hydrogens (primary N) is 1. The highest BCUT2D eigenvalue weighted by atomic mass is 32.3. The average molecular weight is 317 g/mol. The van der Waals surface area contributed by atoms with Crippen LogP contribution in [0.3, 0.4) is 0 Å². The molecule has 10 heteroatoms. The molecule has 1 aromatic heterocycles. The molecule has 2 amide bonds. The molecule has 7 N–H and O–H groups in total. The van der Waals surface area contributed by atoms with E-state index in [4.69, 9.17) is 23.3 Å². The van der Waals surface area contributed by atoms with Gasteiger partial charge in [-0.15, -0.1) is 0 Å². The van der Waals surface area contributed by atoms with E-state index in [0.717, 1.165) is 16.6 Å². The lowest BCUT2D eigenvalue weighted by Crippen LogP contribution is -2.19. The maximum atomic E-state index is 10.8. The molecule has 0 spiro atoms. The number of carbonyl (C=O) groups is 1. The van der Waals surface area contributed by atoms with Crippen molar-refractivity contribution in [2.24, 2.45) is 5.73 Å². The third-order valence-corrected chi connectivity index (χ3v) is 2.10. The van der Waals surface area contributed by atoms with Crippen LogP contribution in [0.15, 0.2) is 30.3 Å². The molecular formula is C11H15N3O6S. The van der Waals surface area contributed by atoms with Crippen LogP contribution in [0.1, 0.15) is 5.69 Å². The Morgan fingerprint density at radius 3 is 2.33 bits per heavy atom. The van der Waals surface area contributed by atoms with Crippen molar-refractivity contribution in [3.63, 3.8) is 0 Å². The molecule has 1 aromatic carbocycles. The molecule has 0 saturated heterocycles. The predicted molar refractivity (Wildman–Crippen MR) is 77.5 cm³/mol. The minimum absolute atomic E-state index is 0. The van der Waals surface area contributed by atoms with E-state index in [0.29, 0.717) is 5.69 Å². The Kier molecular flexibility index (Phi) is 6.69. The quantitative estimate of drug-likeness (QED) is 0.558. The Bertz CT molecular complexity index is 724. The molecule has 21 heavy (non-hydrogen) atoms. The van der Waals surface area contributed by atoms with Gasteiger partial charge < -0.3 is 16.5 Å². The third-order valence-electron chi connectivity index (χ3n) is 2.10. The Balaban J connectivity index is 0.000000583. The Morgan fingerprint density at radius 2 is 1.81 bits per heavy atom. The van der Waals surface area contributed by atoms with E-state index < -0.39 is 16.4 Å². The zero-order valence-electron chi connectivity index (χ0n) is 10.9. The summed E-state index contributed by atoms with van der Waals surface area (Å²) in [6.07, 6.45) is 0. The molecule has 0 aliphatic carbocycles. The van der Waals surface area contributed by atoms with Crippen molar-refractivity contribution < 1.29 is 27.8 Å². The smallest absolute Gasteiger partial charge is 0.394 e. The molecule has 0 aliphatic heterocycles. The van der Waals surface area contributed by atoms with E-state index in [1.54, 1.807) is 6.07 Å². The van der Waals surface area contributed by atoms with Gasteiger partial charge in [-0.3, -0.25) is 14.1 Å². The molecule has 2 rings (SSSR count). The first kappa shape index (κ1) is 18.7. The van der Waals surface area contributed by atoms with Gasteiger partial charge in [-0.25, -0.2) is 4.79 Å². The molecule has 0 bridgehead atoms. The van der Waals surface area contributed by atoms with Crippen LogP contribution in [0.4, 0.5) is 10.5 Å². The van der Waals surface area contributed by atoms with Gasteiger partial charge in [0.25, 0.3) is 0 Å². The van der Waals surface area contributed by atoms with Crippen molar-refractivity contribution in [1.82, 2.24) is 4.98 Å². The minimum atomic E-state index is -4.67. The van der Waals surface area contributed by atoms with E-state index >= 15 is 0 Å². The molecule has 0 fully saturated rings. The first-order valence-corrected chi connectivity index (χ1v) is 6.69. The molecule has 0 aliphatic rings. The summed E-state index contributed by atoms with van der Waals surface area (Å²) in [5.41, 5.74) is 7.49. The van der Waals surface area contributed by atoms with Crippen LogP contribution in [0.5, 0.6) is 0 Å². The Labute approximate surface area is 120 Å². The molecule has 0 radical (unpaired) electrons. The van der Waals surface area contributed by atoms with Crippen LogP contribution in [0, 0.1) is 6.92 Å². The number of anilines is 1. The molecular weight excluding hydrogens is 302 g/mol. The van der Waals surface area contributed by atoms with Crippen molar-refractivity contribution in [3.05, 3.63) is 36.0 Å². The SMILES string of the molecule is Cc1cc(NC(N)=O)c2ccccc2n1.O.O=S(=O)(O)O. The highest BCUT2D eigenvalue weighted by molar-refractivity contribution is 7.79. The summed E-state index contributed by atoms with van der Waals surface area (Å²) >= 11 is 0. The summed E-state index contributed by atoms with van der Waals surface area (Å²) in [5, 5.41) is 3.48. The number of para-hydroxylation sites is 1. The van der Waals surface area contributed by atoms with Crippen molar-refractivity contribution in [1.29, 1.82) is 0 Å². The molecule has 0 saturated carbocycles. The van der Waals surface area contributed by atoms with Gasteiger partial charge in [0.15, 0.2) is 0 Å². The van der Waals surface area contributed by atoms with E-state index in [1.807, 2.05) is 31.2 Å². The standard InChI is InChI=1S/C11H11N3O.H2O4S.H2O/c1-7-6-10(14-11(12)15)8-4-2-3-5-9(8)13-7;1-5(2,3)4;/h2-6H,1H3,(H3,12,13,14,15);(H2,1,2,3,4);1H2. The number of nitrogens with zero attached hydrogens (tertiary/aromatic N) is 1. The molecule has 0 atom stereocenters. The van der Waals surface area contributed by atoms with E-state index in [2.05, 4.69) is 10.3 Å². The van der Waals surface area contributed by atoms with Gasteiger partial charge in [-0.05, 0) is 19.1 Å². The fourth-order valence-corrected chi connectivity index (χ4v) is 1.54. The summed E-state index contributed by atoms with van der Waals surface area (Å²) in [7, 11) is -4.67. The largest absolute Gasteiger partial charge is 0.412 e. The zero-order chi connectivity index (χ0) is 15.3. The fraction of sp³-hybridized carbons (Fsp3) is 0.0909. The van der Waals surface area contributed by atoms with Crippen LogP contribution in [-0.4, -0.2) is 34.0 Å². The van der Waals surface area contributed by atoms with Crippen LogP contribution in [0.2, 0.25) is 0 Å². The molecule has 1 heterocycles. The van der Waals surface area contributed by atoms with Crippen molar-refractivity contribution in [3.8, 4) is 0 Å². The van der Waals surface area contributed by atoms with E-state index in [1.165, 1.54) is 0 Å². The second kappa shape index (κ2) is 7.50. The second-order valence-corrected chi connectivity index (χ2v) is 4.66. The van der Waals surface area contributed by atoms with Gasteiger partial charge in [0.1, 0.15) is 0 Å². The summed E-state index contributed by atoms with van der Waals surface area (Å²) in [5.74, 6) is 0. The van der Waals surface area contributed by atoms with Gasteiger partial charge >= 0.3 is 16.4 Å². The minimum Gasteiger partial charge on any atom is -0.412 e. The number of aromatic nitrogens is 1. The molecule has 116 valence electrons. The van der Waals surface area contributed by atoms with Crippen LogP contribution in [0.25, 0.3) is 10.9 Å². The number of nitrogens with one attached hydrogen (secondary N) is 1. The van der Waals surface area contributed by atoms with Gasteiger partial charge in [0.2, 0.25) is 0 Å². The lowest BCUT2D eigenvalue weighted by molar-refractivity contribution is 0.259. The maximum absolute atomic E-state index is 10.8. The first-order valence-electron chi connectivity index (χ1n) is 5.29. The van der Waals surface area contributed by atoms with E-state index in [-0.39, 0.29) is 5.48 Å². The monoisotopic (exact) mass is 317 g/mol. The van der Waals surface area contributed by atoms with Gasteiger partial charge in [-0.1, -0.05) is 18.2 Å². The van der Waals surface area contributed by atoms with Crippen molar-refractivity contribution >= 4 is 33.0 Å². The van der Waals surface area contributed by atoms with Crippen LogP contribution < -0.4 is 11.1 Å². The van der Waals surface area contributed by atoms with Crippen LogP contribution in [-0.2, 0) is 10.4 Å². The Hall–Kier alpha value is -2.27. The number of benzene rings is 1. The van der Waals surface area contributed by atoms with Gasteiger partial charge in [0, 0.05) is 11.1 Å². The third kappa shape index (κ3) is 7.17.